The average molecular weight is 499 g/mol. The van der Waals surface area contributed by atoms with Crippen LogP contribution in [0.2, 0.25) is 0 Å². The van der Waals surface area contributed by atoms with Gasteiger partial charge in [0.15, 0.2) is 0 Å². The van der Waals surface area contributed by atoms with E-state index >= 15 is 0 Å². The summed E-state index contributed by atoms with van der Waals surface area (Å²) in [6.45, 7) is 4.23. The number of likely N-dealkylation sites (tertiary alicyclic amines) is 2. The number of imidazole rings is 1. The molecular formula is C27H29F3N4O2. The maximum Gasteiger partial charge on any atom is 0.416 e. The highest BCUT2D eigenvalue weighted by Gasteiger charge is 2.39. The lowest BCUT2D eigenvalue weighted by Crippen LogP contribution is -2.56. The van der Waals surface area contributed by atoms with E-state index in [2.05, 4.69) is 9.55 Å². The summed E-state index contributed by atoms with van der Waals surface area (Å²) in [5.41, 5.74) is 1.44. The van der Waals surface area contributed by atoms with Crippen LogP contribution >= 0.6 is 0 Å². The van der Waals surface area contributed by atoms with Crippen LogP contribution in [0.4, 0.5) is 13.2 Å². The molecule has 2 atom stereocenters. The maximum atomic E-state index is 13.3. The summed E-state index contributed by atoms with van der Waals surface area (Å²) in [6.07, 6.45) is -1.56. The molecule has 2 amide bonds. The minimum atomic E-state index is -4.43. The second-order valence-corrected chi connectivity index (χ2v) is 9.72. The molecule has 0 aliphatic carbocycles. The van der Waals surface area contributed by atoms with Crippen molar-refractivity contribution in [1.82, 2.24) is 19.4 Å². The Kier molecular flexibility index (Phi) is 6.49. The Morgan fingerprint density at radius 2 is 1.78 bits per heavy atom. The van der Waals surface area contributed by atoms with Gasteiger partial charge in [0.1, 0.15) is 5.82 Å². The van der Waals surface area contributed by atoms with E-state index in [1.165, 1.54) is 12.1 Å². The second kappa shape index (κ2) is 9.59. The minimum absolute atomic E-state index is 0.0866. The van der Waals surface area contributed by atoms with Crippen molar-refractivity contribution in [3.63, 3.8) is 0 Å². The lowest BCUT2D eigenvalue weighted by molar-refractivity contribution is -0.138. The standard InChI is InChI=1S/C27H29F3N4O2/c1-18-31-22-6-2-3-7-24(22)33(18)16-13-25(35)34-14-4-5-20-17-32(15-12-23(20)34)26(36)19-8-10-21(11-9-19)27(28,29)30/h2-3,6-11,20,23H,4-5,12-17H2,1H3/t20-,23+/m1/s1. The first-order valence-corrected chi connectivity index (χ1v) is 12.4. The van der Waals surface area contributed by atoms with E-state index in [0.717, 1.165) is 48.4 Å². The summed E-state index contributed by atoms with van der Waals surface area (Å²) >= 11 is 0. The zero-order chi connectivity index (χ0) is 25.4. The first kappa shape index (κ1) is 24.3. The number of rotatable bonds is 4. The van der Waals surface area contributed by atoms with Gasteiger partial charge >= 0.3 is 6.18 Å². The Labute approximate surface area is 207 Å². The predicted molar refractivity (Wildman–Crippen MR) is 129 cm³/mol. The SMILES string of the molecule is Cc1nc2ccccc2n1CCC(=O)N1CCC[C@@H]2CN(C(=O)c3ccc(C(F)(F)F)cc3)CC[C@@H]21. The van der Waals surface area contributed by atoms with Crippen molar-refractivity contribution in [3.8, 4) is 0 Å². The largest absolute Gasteiger partial charge is 0.416 e. The van der Waals surface area contributed by atoms with Crippen molar-refractivity contribution in [3.05, 3.63) is 65.5 Å². The van der Waals surface area contributed by atoms with Crippen molar-refractivity contribution in [2.24, 2.45) is 5.92 Å². The van der Waals surface area contributed by atoms with Crippen LogP contribution in [-0.4, -0.2) is 56.8 Å². The summed E-state index contributed by atoms with van der Waals surface area (Å²) in [7, 11) is 0. The Morgan fingerprint density at radius 3 is 2.53 bits per heavy atom. The number of para-hydroxylation sites is 2. The molecule has 6 nitrogen and oxygen atoms in total. The fourth-order valence-electron chi connectivity index (χ4n) is 5.71. The van der Waals surface area contributed by atoms with Crippen LogP contribution in [0.15, 0.2) is 48.5 Å². The zero-order valence-corrected chi connectivity index (χ0v) is 20.2. The first-order chi connectivity index (χ1) is 17.2. The molecule has 0 spiro atoms. The molecule has 2 fully saturated rings. The van der Waals surface area contributed by atoms with E-state index in [4.69, 9.17) is 0 Å². The van der Waals surface area contributed by atoms with E-state index in [1.807, 2.05) is 36.1 Å². The quantitative estimate of drug-likeness (QED) is 0.514. The topological polar surface area (TPSA) is 58.4 Å². The Morgan fingerprint density at radius 1 is 1.03 bits per heavy atom. The van der Waals surface area contributed by atoms with Crippen molar-refractivity contribution < 1.29 is 22.8 Å². The number of piperidine rings is 2. The molecule has 2 aliphatic rings. The van der Waals surface area contributed by atoms with Gasteiger partial charge in [-0.1, -0.05) is 12.1 Å². The average Bonchev–Trinajstić information content (AvgIpc) is 3.20. The molecule has 3 aromatic rings. The lowest BCUT2D eigenvalue weighted by Gasteiger charge is -2.47. The van der Waals surface area contributed by atoms with Crippen LogP contribution in [0.3, 0.4) is 0 Å². The van der Waals surface area contributed by atoms with E-state index in [1.54, 1.807) is 4.90 Å². The van der Waals surface area contributed by atoms with E-state index in [9.17, 15) is 22.8 Å². The monoisotopic (exact) mass is 498 g/mol. The van der Waals surface area contributed by atoms with Gasteiger partial charge in [0.2, 0.25) is 5.91 Å². The van der Waals surface area contributed by atoms with Crippen LogP contribution < -0.4 is 0 Å². The molecule has 0 unspecified atom stereocenters. The summed E-state index contributed by atoms with van der Waals surface area (Å²) in [5, 5.41) is 0. The van der Waals surface area contributed by atoms with Crippen LogP contribution in [0.1, 0.15) is 47.4 Å². The predicted octanol–water partition coefficient (Wildman–Crippen LogP) is 4.91. The van der Waals surface area contributed by atoms with Gasteiger partial charge in [-0.2, -0.15) is 13.2 Å². The molecule has 0 radical (unpaired) electrons. The molecule has 2 saturated heterocycles. The number of amides is 2. The van der Waals surface area contributed by atoms with Crippen LogP contribution in [0.25, 0.3) is 11.0 Å². The van der Waals surface area contributed by atoms with E-state index in [-0.39, 0.29) is 29.3 Å². The number of halogens is 3. The molecule has 3 heterocycles. The summed E-state index contributed by atoms with van der Waals surface area (Å²) in [6, 6.07) is 12.4. The third-order valence-electron chi connectivity index (χ3n) is 7.53. The highest BCUT2D eigenvalue weighted by molar-refractivity contribution is 5.94. The van der Waals surface area contributed by atoms with Gasteiger partial charge in [0.25, 0.3) is 5.91 Å². The minimum Gasteiger partial charge on any atom is -0.339 e. The van der Waals surface area contributed by atoms with Gasteiger partial charge in [0.05, 0.1) is 16.6 Å². The number of hydrogen-bond acceptors (Lipinski definition) is 3. The number of carbonyl (C=O) groups excluding carboxylic acids is 2. The number of benzene rings is 2. The molecule has 9 heteroatoms. The smallest absolute Gasteiger partial charge is 0.339 e. The van der Waals surface area contributed by atoms with Crippen LogP contribution in [-0.2, 0) is 17.5 Å². The molecule has 0 N–H and O–H groups in total. The maximum absolute atomic E-state index is 13.3. The number of fused-ring (bicyclic) bond motifs is 2. The van der Waals surface area contributed by atoms with Crippen LogP contribution in [0, 0.1) is 12.8 Å². The Balaban J connectivity index is 1.22. The number of alkyl halides is 3. The summed E-state index contributed by atoms with van der Waals surface area (Å²) < 4.78 is 40.6. The molecule has 0 bridgehead atoms. The number of aromatic nitrogens is 2. The Bertz CT molecular complexity index is 1270. The number of carbonyl (C=O) groups is 2. The normalized spacial score (nSPS) is 20.4. The van der Waals surface area contributed by atoms with E-state index in [0.29, 0.717) is 32.5 Å². The van der Waals surface area contributed by atoms with Gasteiger partial charge in [-0.3, -0.25) is 9.59 Å². The number of hydrogen-bond donors (Lipinski definition) is 0. The molecule has 36 heavy (non-hydrogen) atoms. The molecule has 0 saturated carbocycles. The third-order valence-corrected chi connectivity index (χ3v) is 7.53. The fraction of sp³-hybridized carbons (Fsp3) is 0.444. The van der Waals surface area contributed by atoms with Gasteiger partial charge in [-0.05, 0) is 68.5 Å². The van der Waals surface area contributed by atoms with Crippen LogP contribution in [0.5, 0.6) is 0 Å². The van der Waals surface area contributed by atoms with Gasteiger partial charge in [-0.15, -0.1) is 0 Å². The number of nitrogens with zero attached hydrogens (tertiary/aromatic N) is 4. The van der Waals surface area contributed by atoms with Crippen molar-refractivity contribution in [1.29, 1.82) is 0 Å². The molecule has 190 valence electrons. The lowest BCUT2D eigenvalue weighted by atomic mass is 9.83. The highest BCUT2D eigenvalue weighted by atomic mass is 19.4. The molecule has 2 aliphatic heterocycles. The molecule has 5 rings (SSSR count). The number of aryl methyl sites for hydroxylation is 2. The molecule has 2 aromatic carbocycles. The van der Waals surface area contributed by atoms with Crippen molar-refractivity contribution >= 4 is 22.8 Å². The third kappa shape index (κ3) is 4.70. The summed E-state index contributed by atoms with van der Waals surface area (Å²) in [5.74, 6) is 0.916. The molecule has 1 aromatic heterocycles. The fourth-order valence-corrected chi connectivity index (χ4v) is 5.71. The van der Waals surface area contributed by atoms with Gasteiger partial charge in [0, 0.05) is 44.2 Å². The van der Waals surface area contributed by atoms with E-state index < -0.39 is 11.7 Å². The van der Waals surface area contributed by atoms with Gasteiger partial charge in [-0.25, -0.2) is 4.98 Å². The molecular weight excluding hydrogens is 469 g/mol. The first-order valence-electron chi connectivity index (χ1n) is 12.4. The van der Waals surface area contributed by atoms with Gasteiger partial charge < -0.3 is 14.4 Å². The second-order valence-electron chi connectivity index (χ2n) is 9.72. The zero-order valence-electron chi connectivity index (χ0n) is 20.2. The highest BCUT2D eigenvalue weighted by Crippen LogP contribution is 2.33. The summed E-state index contributed by atoms with van der Waals surface area (Å²) in [4.78, 5) is 34.5. The Hall–Kier alpha value is -3.36. The van der Waals surface area contributed by atoms with Crippen molar-refractivity contribution in [2.45, 2.75) is 51.4 Å². The van der Waals surface area contributed by atoms with Crippen molar-refractivity contribution in [2.75, 3.05) is 19.6 Å².